The van der Waals surface area contributed by atoms with Gasteiger partial charge in [-0.3, -0.25) is 9.00 Å². The molecule has 0 spiro atoms. The number of rotatable bonds is 6. The Kier molecular flexibility index (Phi) is 6.40. The van der Waals surface area contributed by atoms with E-state index in [0.717, 1.165) is 11.3 Å². The topological polar surface area (TPSA) is 55.4 Å². The van der Waals surface area contributed by atoms with Gasteiger partial charge in [0.2, 0.25) is 5.91 Å². The molecule has 0 fully saturated rings. The molecule has 0 aliphatic heterocycles. The molecule has 0 aromatic heterocycles. The fourth-order valence-electron chi connectivity index (χ4n) is 1.79. The van der Waals surface area contributed by atoms with Gasteiger partial charge in [-0.15, -0.1) is 0 Å². The number of carbonyl (C=O) groups excluding carboxylic acids is 1. The summed E-state index contributed by atoms with van der Waals surface area (Å²) in [4.78, 5) is 12.1. The molecule has 0 aliphatic rings. The summed E-state index contributed by atoms with van der Waals surface area (Å²) in [6.07, 6.45) is 0. The van der Waals surface area contributed by atoms with E-state index >= 15 is 0 Å². The molecular weight excluding hydrogens is 286 g/mol. The Hall–Kier alpha value is -1.36. The van der Waals surface area contributed by atoms with Crippen LogP contribution in [0.1, 0.15) is 40.2 Å². The van der Waals surface area contributed by atoms with E-state index < -0.39 is 16.0 Å². The molecule has 1 rings (SSSR count). The zero-order chi connectivity index (χ0) is 16.0. The van der Waals surface area contributed by atoms with Gasteiger partial charge in [0.1, 0.15) is 11.0 Å². The number of hydrogen-bond acceptors (Lipinski definition) is 3. The first kappa shape index (κ1) is 17.7. The Labute approximate surface area is 129 Å². The lowest BCUT2D eigenvalue weighted by atomic mass is 10.1. The summed E-state index contributed by atoms with van der Waals surface area (Å²) in [6.45, 7) is 9.89. The van der Waals surface area contributed by atoms with Crippen LogP contribution in [0, 0.1) is 0 Å². The predicted octanol–water partition coefficient (Wildman–Crippen LogP) is 2.64. The average Bonchev–Trinajstić information content (AvgIpc) is 2.38. The molecule has 118 valence electrons. The van der Waals surface area contributed by atoms with E-state index in [4.69, 9.17) is 4.74 Å². The second-order valence-corrected chi connectivity index (χ2v) is 7.70. The Morgan fingerprint density at radius 1 is 1.33 bits per heavy atom. The quantitative estimate of drug-likeness (QED) is 0.878. The standard InChI is InChI=1S/C16H25NO3S/c1-6-20-14-10-8-7-9-13(14)11-21(19)12(2)15(18)17-16(3,4)5/h7-10,12H,6,11H2,1-5H3,(H,17,18)/t12-,21-/m1/s1. The second-order valence-electron chi connectivity index (χ2n) is 5.95. The predicted molar refractivity (Wildman–Crippen MR) is 86.8 cm³/mol. The largest absolute Gasteiger partial charge is 0.494 e. The van der Waals surface area contributed by atoms with Gasteiger partial charge in [0.05, 0.1) is 12.4 Å². The first-order valence-corrected chi connectivity index (χ1v) is 8.52. The highest BCUT2D eigenvalue weighted by Gasteiger charge is 2.24. The lowest BCUT2D eigenvalue weighted by molar-refractivity contribution is -0.121. The van der Waals surface area contributed by atoms with Crippen LogP contribution in [0.3, 0.4) is 0 Å². The van der Waals surface area contributed by atoms with Crippen LogP contribution in [-0.2, 0) is 21.3 Å². The SMILES string of the molecule is CCOc1ccccc1C[S@@](=O)[C@H](C)C(=O)NC(C)(C)C. The van der Waals surface area contributed by atoms with Crippen molar-refractivity contribution in [1.82, 2.24) is 5.32 Å². The van der Waals surface area contributed by atoms with E-state index in [1.165, 1.54) is 0 Å². The van der Waals surface area contributed by atoms with Crippen LogP contribution >= 0.6 is 0 Å². The van der Waals surface area contributed by atoms with Crippen LogP contribution in [0.5, 0.6) is 5.75 Å². The van der Waals surface area contributed by atoms with Crippen molar-refractivity contribution in [3.05, 3.63) is 29.8 Å². The molecular formula is C16H25NO3S. The number of para-hydroxylation sites is 1. The number of carbonyl (C=O) groups is 1. The first-order valence-electron chi connectivity index (χ1n) is 7.14. The molecule has 1 aromatic rings. The Morgan fingerprint density at radius 2 is 1.95 bits per heavy atom. The van der Waals surface area contributed by atoms with Crippen LogP contribution < -0.4 is 10.1 Å². The molecule has 0 bridgehead atoms. The summed E-state index contributed by atoms with van der Waals surface area (Å²) in [5.41, 5.74) is 0.548. The third-order valence-corrected chi connectivity index (χ3v) is 4.43. The Morgan fingerprint density at radius 3 is 2.52 bits per heavy atom. The van der Waals surface area contributed by atoms with Crippen molar-refractivity contribution in [3.63, 3.8) is 0 Å². The van der Waals surface area contributed by atoms with Gasteiger partial charge in [0.25, 0.3) is 0 Å². The van der Waals surface area contributed by atoms with Crippen molar-refractivity contribution in [2.45, 2.75) is 51.2 Å². The molecule has 0 unspecified atom stereocenters. The summed E-state index contributed by atoms with van der Waals surface area (Å²) < 4.78 is 17.9. The van der Waals surface area contributed by atoms with E-state index in [9.17, 15) is 9.00 Å². The number of hydrogen-bond donors (Lipinski definition) is 1. The summed E-state index contributed by atoms with van der Waals surface area (Å²) in [5, 5.41) is 2.31. The zero-order valence-corrected chi connectivity index (χ0v) is 14.3. The number of ether oxygens (including phenoxy) is 1. The minimum atomic E-state index is -1.29. The van der Waals surface area contributed by atoms with E-state index in [1.807, 2.05) is 52.0 Å². The second kappa shape index (κ2) is 7.59. The lowest BCUT2D eigenvalue weighted by Gasteiger charge is -2.23. The number of nitrogens with one attached hydrogen (secondary N) is 1. The highest BCUT2D eigenvalue weighted by atomic mass is 32.2. The van der Waals surface area contributed by atoms with Crippen molar-refractivity contribution < 1.29 is 13.7 Å². The van der Waals surface area contributed by atoms with Crippen molar-refractivity contribution in [2.75, 3.05) is 6.61 Å². The van der Waals surface area contributed by atoms with E-state index in [0.29, 0.717) is 12.4 Å². The van der Waals surface area contributed by atoms with Gasteiger partial charge in [0.15, 0.2) is 0 Å². The summed E-state index contributed by atoms with van der Waals surface area (Å²) in [6, 6.07) is 7.51. The summed E-state index contributed by atoms with van der Waals surface area (Å²) in [7, 11) is -1.29. The molecule has 1 amide bonds. The minimum Gasteiger partial charge on any atom is -0.494 e. The third-order valence-electron chi connectivity index (χ3n) is 2.83. The van der Waals surface area contributed by atoms with Crippen molar-refractivity contribution in [3.8, 4) is 5.75 Å². The zero-order valence-electron chi connectivity index (χ0n) is 13.4. The van der Waals surface area contributed by atoms with Crippen LogP contribution in [0.15, 0.2) is 24.3 Å². The molecule has 5 heteroatoms. The fraction of sp³-hybridized carbons (Fsp3) is 0.562. The maximum atomic E-state index is 12.4. The molecule has 4 nitrogen and oxygen atoms in total. The minimum absolute atomic E-state index is 0.185. The fourth-order valence-corrected chi connectivity index (χ4v) is 2.88. The van der Waals surface area contributed by atoms with Gasteiger partial charge in [-0.2, -0.15) is 0 Å². The van der Waals surface area contributed by atoms with Gasteiger partial charge in [-0.1, -0.05) is 18.2 Å². The van der Waals surface area contributed by atoms with Gasteiger partial charge in [0, 0.05) is 21.9 Å². The van der Waals surface area contributed by atoms with Gasteiger partial charge < -0.3 is 10.1 Å². The molecule has 1 aromatic carbocycles. The van der Waals surface area contributed by atoms with E-state index in [2.05, 4.69) is 5.32 Å². The molecule has 0 saturated heterocycles. The van der Waals surface area contributed by atoms with Crippen LogP contribution in [0.4, 0.5) is 0 Å². The Bertz CT molecular complexity index is 508. The van der Waals surface area contributed by atoms with E-state index in [-0.39, 0.29) is 11.4 Å². The summed E-state index contributed by atoms with van der Waals surface area (Å²) in [5.74, 6) is 0.862. The highest BCUT2D eigenvalue weighted by molar-refractivity contribution is 7.85. The molecule has 1 N–H and O–H groups in total. The first-order chi connectivity index (χ1) is 9.74. The van der Waals surface area contributed by atoms with Crippen molar-refractivity contribution >= 4 is 16.7 Å². The molecule has 0 aliphatic carbocycles. The van der Waals surface area contributed by atoms with Gasteiger partial charge in [-0.25, -0.2) is 0 Å². The number of benzene rings is 1. The van der Waals surface area contributed by atoms with Crippen LogP contribution in [0.2, 0.25) is 0 Å². The molecule has 0 saturated carbocycles. The van der Waals surface area contributed by atoms with Crippen molar-refractivity contribution in [2.24, 2.45) is 0 Å². The molecule has 2 atom stereocenters. The van der Waals surface area contributed by atoms with E-state index in [1.54, 1.807) is 6.92 Å². The van der Waals surface area contributed by atoms with Crippen molar-refractivity contribution in [1.29, 1.82) is 0 Å². The average molecular weight is 311 g/mol. The molecule has 0 radical (unpaired) electrons. The maximum Gasteiger partial charge on any atom is 0.235 e. The molecule has 21 heavy (non-hydrogen) atoms. The maximum absolute atomic E-state index is 12.4. The highest BCUT2D eigenvalue weighted by Crippen LogP contribution is 2.20. The summed E-state index contributed by atoms with van der Waals surface area (Å²) >= 11 is 0. The molecule has 0 heterocycles. The van der Waals surface area contributed by atoms with Gasteiger partial charge in [-0.05, 0) is 40.7 Å². The van der Waals surface area contributed by atoms with Gasteiger partial charge >= 0.3 is 0 Å². The van der Waals surface area contributed by atoms with Crippen LogP contribution in [0.25, 0.3) is 0 Å². The monoisotopic (exact) mass is 311 g/mol. The Balaban J connectivity index is 2.75. The lowest BCUT2D eigenvalue weighted by Crippen LogP contribution is -2.46. The number of amides is 1. The van der Waals surface area contributed by atoms with Crippen LogP contribution in [-0.4, -0.2) is 27.5 Å². The normalized spacial score (nSPS) is 14.3. The smallest absolute Gasteiger partial charge is 0.235 e. The third kappa shape index (κ3) is 5.87.